The van der Waals surface area contributed by atoms with Gasteiger partial charge in [-0.1, -0.05) is 30.3 Å². The van der Waals surface area contributed by atoms with Gasteiger partial charge in [0.15, 0.2) is 11.5 Å². The van der Waals surface area contributed by atoms with Crippen LogP contribution in [0.4, 0.5) is 11.4 Å². The Labute approximate surface area is 195 Å². The van der Waals surface area contributed by atoms with E-state index in [9.17, 15) is 19.7 Å². The van der Waals surface area contributed by atoms with Crippen LogP contribution in [0.25, 0.3) is 0 Å². The molecule has 176 valence electrons. The van der Waals surface area contributed by atoms with Gasteiger partial charge in [-0.25, -0.2) is 4.79 Å². The molecule has 0 aliphatic rings. The highest BCUT2D eigenvalue weighted by atomic mass is 16.6. The maximum Gasteiger partial charge on any atom is 0.346 e. The third-order valence-electron chi connectivity index (χ3n) is 4.84. The van der Waals surface area contributed by atoms with Crippen LogP contribution in [0.2, 0.25) is 0 Å². The molecule has 1 amide bonds. The van der Waals surface area contributed by atoms with Gasteiger partial charge in [-0.3, -0.25) is 14.9 Å². The smallest absolute Gasteiger partial charge is 0.346 e. The summed E-state index contributed by atoms with van der Waals surface area (Å²) in [6.45, 7) is 0. The number of nitro benzene ring substituents is 1. The van der Waals surface area contributed by atoms with Crippen molar-refractivity contribution in [2.45, 2.75) is 6.10 Å². The summed E-state index contributed by atoms with van der Waals surface area (Å²) in [6.07, 6.45) is -1.39. The summed E-state index contributed by atoms with van der Waals surface area (Å²) in [5.41, 5.74) is -0.115. The highest BCUT2D eigenvalue weighted by Crippen LogP contribution is 2.35. The number of hydrogen-bond donors (Lipinski definition) is 1. The molecule has 10 nitrogen and oxygen atoms in total. The average molecular weight is 466 g/mol. The van der Waals surface area contributed by atoms with Gasteiger partial charge in [-0.2, -0.15) is 0 Å². The van der Waals surface area contributed by atoms with E-state index in [1.54, 1.807) is 54.6 Å². The van der Waals surface area contributed by atoms with Gasteiger partial charge < -0.3 is 24.3 Å². The van der Waals surface area contributed by atoms with Crippen LogP contribution in [-0.4, -0.2) is 38.1 Å². The number of carbonyl (C=O) groups excluding carboxylic acids is 2. The second kappa shape index (κ2) is 10.8. The molecular formula is C24H22N2O8. The van der Waals surface area contributed by atoms with E-state index in [-0.39, 0.29) is 17.1 Å². The number of rotatable bonds is 9. The third kappa shape index (κ3) is 5.41. The van der Waals surface area contributed by atoms with Gasteiger partial charge in [0.2, 0.25) is 6.10 Å². The minimum atomic E-state index is -1.39. The van der Waals surface area contributed by atoms with Gasteiger partial charge in [-0.05, 0) is 24.3 Å². The van der Waals surface area contributed by atoms with E-state index in [1.165, 1.54) is 21.3 Å². The van der Waals surface area contributed by atoms with Crippen molar-refractivity contribution in [3.63, 3.8) is 0 Å². The lowest BCUT2D eigenvalue weighted by atomic mass is 10.1. The van der Waals surface area contributed by atoms with Crippen LogP contribution in [0, 0.1) is 10.1 Å². The standard InChI is InChI=1S/C24H22N2O8/c1-31-17-11-9-16(10-12-17)25-23(27)22(15-7-5-4-6-8-15)34-24(28)18-13-20(32-2)21(33-3)14-19(18)26(29)30/h4-14,22H,1-3H3,(H,25,27). The van der Waals surface area contributed by atoms with Gasteiger partial charge in [-0.15, -0.1) is 0 Å². The van der Waals surface area contributed by atoms with Gasteiger partial charge >= 0.3 is 5.97 Å². The van der Waals surface area contributed by atoms with Crippen molar-refractivity contribution in [1.29, 1.82) is 0 Å². The summed E-state index contributed by atoms with van der Waals surface area (Å²) in [4.78, 5) is 37.0. The maximum absolute atomic E-state index is 13.1. The third-order valence-corrected chi connectivity index (χ3v) is 4.84. The molecule has 1 N–H and O–H groups in total. The van der Waals surface area contributed by atoms with Crippen LogP contribution >= 0.6 is 0 Å². The van der Waals surface area contributed by atoms with Crippen LogP contribution in [0.1, 0.15) is 22.0 Å². The molecule has 34 heavy (non-hydrogen) atoms. The SMILES string of the molecule is COc1ccc(NC(=O)C(OC(=O)c2cc(OC)c(OC)cc2[N+](=O)[O-])c2ccccc2)cc1. The zero-order chi connectivity index (χ0) is 24.7. The van der Waals surface area contributed by atoms with Crippen molar-refractivity contribution < 1.29 is 33.5 Å². The summed E-state index contributed by atoms with van der Waals surface area (Å²) in [6, 6.07) is 17.1. The first-order chi connectivity index (χ1) is 16.4. The molecule has 1 unspecified atom stereocenters. The first-order valence-corrected chi connectivity index (χ1v) is 9.99. The van der Waals surface area contributed by atoms with Crippen LogP contribution < -0.4 is 19.5 Å². The van der Waals surface area contributed by atoms with E-state index in [1.807, 2.05) is 0 Å². The van der Waals surface area contributed by atoms with Crippen molar-refractivity contribution in [2.75, 3.05) is 26.6 Å². The number of methoxy groups -OCH3 is 3. The minimum absolute atomic E-state index is 0.0719. The quantitative estimate of drug-likeness (QED) is 0.283. The summed E-state index contributed by atoms with van der Waals surface area (Å²) in [5, 5.41) is 14.3. The zero-order valence-electron chi connectivity index (χ0n) is 18.6. The average Bonchev–Trinajstić information content (AvgIpc) is 2.87. The van der Waals surface area contributed by atoms with Crippen molar-refractivity contribution in [1.82, 2.24) is 0 Å². The first-order valence-electron chi connectivity index (χ1n) is 9.99. The highest BCUT2D eigenvalue weighted by molar-refractivity contribution is 6.00. The molecule has 10 heteroatoms. The number of amides is 1. The fourth-order valence-corrected chi connectivity index (χ4v) is 3.14. The van der Waals surface area contributed by atoms with E-state index in [0.29, 0.717) is 17.0 Å². The molecule has 1 atom stereocenters. The maximum atomic E-state index is 13.1. The molecular weight excluding hydrogens is 444 g/mol. The Hall–Kier alpha value is -4.60. The number of nitro groups is 1. The number of hydrogen-bond acceptors (Lipinski definition) is 8. The Bertz CT molecular complexity index is 1180. The van der Waals surface area contributed by atoms with Crippen LogP contribution in [-0.2, 0) is 9.53 Å². The number of nitrogens with one attached hydrogen (secondary N) is 1. The number of benzene rings is 3. The monoisotopic (exact) mass is 466 g/mol. The molecule has 0 heterocycles. The molecule has 0 aromatic heterocycles. The van der Waals surface area contributed by atoms with E-state index >= 15 is 0 Å². The van der Waals surface area contributed by atoms with E-state index in [0.717, 1.165) is 12.1 Å². The molecule has 0 aliphatic heterocycles. The molecule has 0 bridgehead atoms. The Morgan fingerprint density at radius 2 is 1.50 bits per heavy atom. The normalized spacial score (nSPS) is 11.1. The molecule has 0 saturated heterocycles. The Morgan fingerprint density at radius 3 is 2.06 bits per heavy atom. The summed E-state index contributed by atoms with van der Waals surface area (Å²) in [5.74, 6) is -0.953. The number of esters is 1. The van der Waals surface area contributed by atoms with Gasteiger partial charge in [0.1, 0.15) is 11.3 Å². The summed E-state index contributed by atoms with van der Waals surface area (Å²) >= 11 is 0. The molecule has 0 radical (unpaired) electrons. The van der Waals surface area contributed by atoms with Crippen LogP contribution in [0.5, 0.6) is 17.2 Å². The van der Waals surface area contributed by atoms with Gasteiger partial charge in [0.25, 0.3) is 11.6 Å². The first kappa shape index (κ1) is 24.1. The minimum Gasteiger partial charge on any atom is -0.497 e. The fraction of sp³-hybridized carbons (Fsp3) is 0.167. The molecule has 0 saturated carbocycles. The van der Waals surface area contributed by atoms with E-state index < -0.39 is 28.6 Å². The van der Waals surface area contributed by atoms with Crippen molar-refractivity contribution in [3.8, 4) is 17.2 Å². The molecule has 3 aromatic rings. The molecule has 3 aromatic carbocycles. The molecule has 0 fully saturated rings. The van der Waals surface area contributed by atoms with Crippen LogP contribution in [0.3, 0.4) is 0 Å². The van der Waals surface area contributed by atoms with Crippen molar-refractivity contribution in [3.05, 3.63) is 88.0 Å². The Balaban J connectivity index is 1.94. The highest BCUT2D eigenvalue weighted by Gasteiger charge is 2.31. The number of ether oxygens (including phenoxy) is 4. The number of anilines is 1. The molecule has 0 aliphatic carbocycles. The predicted molar refractivity (Wildman–Crippen MR) is 122 cm³/mol. The fourth-order valence-electron chi connectivity index (χ4n) is 3.14. The Morgan fingerprint density at radius 1 is 0.882 bits per heavy atom. The second-order valence-electron chi connectivity index (χ2n) is 6.90. The largest absolute Gasteiger partial charge is 0.497 e. The lowest BCUT2D eigenvalue weighted by molar-refractivity contribution is -0.385. The lowest BCUT2D eigenvalue weighted by Crippen LogP contribution is -2.26. The number of carbonyl (C=O) groups is 2. The zero-order valence-corrected chi connectivity index (χ0v) is 18.6. The lowest BCUT2D eigenvalue weighted by Gasteiger charge is -2.19. The number of nitrogens with zero attached hydrogens (tertiary/aromatic N) is 1. The Kier molecular flexibility index (Phi) is 7.65. The van der Waals surface area contributed by atoms with E-state index in [2.05, 4.69) is 5.32 Å². The van der Waals surface area contributed by atoms with Gasteiger partial charge in [0.05, 0.1) is 32.3 Å². The van der Waals surface area contributed by atoms with Crippen molar-refractivity contribution >= 4 is 23.3 Å². The molecule has 0 spiro atoms. The topological polar surface area (TPSA) is 126 Å². The van der Waals surface area contributed by atoms with Crippen LogP contribution in [0.15, 0.2) is 66.7 Å². The van der Waals surface area contributed by atoms with Crippen molar-refractivity contribution in [2.24, 2.45) is 0 Å². The molecule has 3 rings (SSSR count). The van der Waals surface area contributed by atoms with E-state index in [4.69, 9.17) is 18.9 Å². The summed E-state index contributed by atoms with van der Waals surface area (Å²) < 4.78 is 20.8. The summed E-state index contributed by atoms with van der Waals surface area (Å²) in [7, 11) is 4.16. The second-order valence-corrected chi connectivity index (χ2v) is 6.90. The predicted octanol–water partition coefficient (Wildman–Crippen LogP) is 4.16. The van der Waals surface area contributed by atoms with Gasteiger partial charge in [0, 0.05) is 17.3 Å².